The largest absolute Gasteiger partial charge is 0.492 e. The molecule has 0 atom stereocenters. The maximum Gasteiger partial charge on any atom is 0.307 e. The van der Waals surface area contributed by atoms with Gasteiger partial charge in [0.15, 0.2) is 0 Å². The second kappa shape index (κ2) is 9.02. The minimum Gasteiger partial charge on any atom is -0.492 e. The van der Waals surface area contributed by atoms with Crippen LogP contribution in [0.5, 0.6) is 5.75 Å². The van der Waals surface area contributed by atoms with Crippen LogP contribution >= 0.6 is 0 Å². The second-order valence-electron chi connectivity index (χ2n) is 9.39. The Morgan fingerprint density at radius 2 is 1.90 bits per heavy atom. The monoisotopic (exact) mass is 411 g/mol. The second-order valence-corrected chi connectivity index (χ2v) is 9.39. The summed E-state index contributed by atoms with van der Waals surface area (Å²) in [4.78, 5) is 23.1. The number of rotatable bonds is 7. The van der Waals surface area contributed by atoms with Crippen LogP contribution in [0.15, 0.2) is 24.5 Å². The van der Waals surface area contributed by atoms with Crippen LogP contribution in [0.2, 0.25) is 0 Å². The van der Waals surface area contributed by atoms with Gasteiger partial charge in [-0.2, -0.15) is 0 Å². The zero-order valence-corrected chi connectivity index (χ0v) is 18.7. The van der Waals surface area contributed by atoms with Gasteiger partial charge in [0.1, 0.15) is 5.75 Å². The molecule has 0 unspecified atom stereocenters. The third kappa shape index (κ3) is 5.29. The summed E-state index contributed by atoms with van der Waals surface area (Å²) in [5.41, 5.74) is 4.47. The van der Waals surface area contributed by atoms with Gasteiger partial charge < -0.3 is 14.7 Å². The highest BCUT2D eigenvalue weighted by Gasteiger charge is 2.29. The van der Waals surface area contributed by atoms with Crippen molar-refractivity contribution in [3.05, 3.63) is 35.8 Å². The molecule has 1 saturated heterocycles. The molecular weight excluding hydrogens is 378 g/mol. The number of anilines is 1. The minimum atomic E-state index is -0.846. The maximum atomic E-state index is 11.6. The molecule has 1 fully saturated rings. The molecule has 0 saturated carbocycles. The van der Waals surface area contributed by atoms with Gasteiger partial charge in [-0.1, -0.05) is 27.7 Å². The van der Waals surface area contributed by atoms with E-state index in [2.05, 4.69) is 42.6 Å². The molecule has 0 bridgehead atoms. The number of pyridine rings is 2. The van der Waals surface area contributed by atoms with E-state index < -0.39 is 5.97 Å². The number of aryl methyl sites for hydroxylation is 1. The fourth-order valence-corrected chi connectivity index (χ4v) is 3.77. The van der Waals surface area contributed by atoms with Crippen LogP contribution in [0.4, 0.5) is 5.69 Å². The number of nitrogens with zero attached hydrogens (tertiary/aromatic N) is 3. The van der Waals surface area contributed by atoms with Gasteiger partial charge in [-0.15, -0.1) is 0 Å². The van der Waals surface area contributed by atoms with Gasteiger partial charge in [-0.05, 0) is 43.2 Å². The number of ether oxygens (including phenoxy) is 1. The van der Waals surface area contributed by atoms with Crippen molar-refractivity contribution in [2.24, 2.45) is 11.3 Å². The van der Waals surface area contributed by atoms with Gasteiger partial charge in [0, 0.05) is 36.1 Å². The lowest BCUT2D eigenvalue weighted by Gasteiger charge is -2.40. The standard InChI is InChI=1S/C24H33N3O3/c1-16(2)15-30-18-6-7-21(26-13-18)20-14-25-17(3)19(12-22(28)29)23(20)27-10-8-24(4,5)9-11-27/h6-7,13-14,16H,8-12,15H2,1-5H3,(H,28,29). The number of hydrogen-bond acceptors (Lipinski definition) is 5. The fourth-order valence-electron chi connectivity index (χ4n) is 3.77. The minimum absolute atomic E-state index is 0.0442. The third-order valence-electron chi connectivity index (χ3n) is 5.72. The van der Waals surface area contributed by atoms with Crippen LogP contribution in [0, 0.1) is 18.3 Å². The van der Waals surface area contributed by atoms with Crippen LogP contribution in [0.1, 0.15) is 51.8 Å². The van der Waals surface area contributed by atoms with E-state index in [1.54, 1.807) is 6.20 Å². The van der Waals surface area contributed by atoms with Gasteiger partial charge >= 0.3 is 5.97 Å². The quantitative estimate of drug-likeness (QED) is 0.709. The van der Waals surface area contributed by atoms with E-state index in [1.807, 2.05) is 25.3 Å². The van der Waals surface area contributed by atoms with Crippen LogP contribution in [-0.4, -0.2) is 40.7 Å². The van der Waals surface area contributed by atoms with Crippen LogP contribution < -0.4 is 9.64 Å². The number of aromatic nitrogens is 2. The Labute approximate surface area is 179 Å². The van der Waals surface area contributed by atoms with Crippen molar-refractivity contribution < 1.29 is 14.6 Å². The lowest BCUT2D eigenvalue weighted by molar-refractivity contribution is -0.136. The van der Waals surface area contributed by atoms with E-state index >= 15 is 0 Å². The van der Waals surface area contributed by atoms with E-state index in [-0.39, 0.29) is 6.42 Å². The summed E-state index contributed by atoms with van der Waals surface area (Å²) in [5.74, 6) is 0.333. The number of carboxylic acids is 1. The molecule has 1 aliphatic rings. The lowest BCUT2D eigenvalue weighted by Crippen LogP contribution is -2.38. The van der Waals surface area contributed by atoms with Gasteiger partial charge in [-0.3, -0.25) is 14.8 Å². The lowest BCUT2D eigenvalue weighted by atomic mass is 9.82. The van der Waals surface area contributed by atoms with Crippen molar-refractivity contribution in [1.82, 2.24) is 9.97 Å². The molecule has 3 heterocycles. The normalized spacial score (nSPS) is 16.0. The van der Waals surface area contributed by atoms with Gasteiger partial charge in [0.05, 0.1) is 30.6 Å². The van der Waals surface area contributed by atoms with Gasteiger partial charge in [0.25, 0.3) is 0 Å². The summed E-state index contributed by atoms with van der Waals surface area (Å²) in [6, 6.07) is 3.86. The Balaban J connectivity index is 2.00. The molecule has 1 N–H and O–H groups in total. The van der Waals surface area contributed by atoms with Crippen LogP contribution in [-0.2, 0) is 11.2 Å². The Kier molecular flexibility index (Phi) is 6.64. The Bertz CT molecular complexity index is 881. The molecule has 6 heteroatoms. The van der Waals surface area contributed by atoms with E-state index in [0.29, 0.717) is 17.9 Å². The number of aliphatic carboxylic acids is 1. The number of hydrogen-bond donors (Lipinski definition) is 1. The van der Waals surface area contributed by atoms with Crippen molar-refractivity contribution in [2.45, 2.75) is 53.9 Å². The zero-order valence-electron chi connectivity index (χ0n) is 18.7. The topological polar surface area (TPSA) is 75.6 Å². The first-order chi connectivity index (χ1) is 14.2. The Morgan fingerprint density at radius 3 is 2.47 bits per heavy atom. The molecule has 1 aliphatic heterocycles. The summed E-state index contributed by atoms with van der Waals surface area (Å²) in [6.45, 7) is 13.1. The molecule has 0 aliphatic carbocycles. The molecule has 30 heavy (non-hydrogen) atoms. The van der Waals surface area contributed by atoms with Crippen molar-refractivity contribution in [3.8, 4) is 17.0 Å². The summed E-state index contributed by atoms with van der Waals surface area (Å²) in [6.07, 6.45) is 5.65. The maximum absolute atomic E-state index is 11.6. The summed E-state index contributed by atoms with van der Waals surface area (Å²) >= 11 is 0. The first kappa shape index (κ1) is 22.1. The van der Waals surface area contributed by atoms with Crippen LogP contribution in [0.25, 0.3) is 11.3 Å². The highest BCUT2D eigenvalue weighted by atomic mass is 16.5. The molecule has 0 spiro atoms. The Morgan fingerprint density at radius 1 is 1.20 bits per heavy atom. The first-order valence-electron chi connectivity index (χ1n) is 10.7. The average molecular weight is 412 g/mol. The SMILES string of the molecule is Cc1ncc(-c2ccc(OCC(C)C)cn2)c(N2CCC(C)(C)CC2)c1CC(=O)O. The molecular formula is C24H33N3O3. The summed E-state index contributed by atoms with van der Waals surface area (Å²) < 4.78 is 5.76. The third-order valence-corrected chi connectivity index (χ3v) is 5.72. The molecule has 0 radical (unpaired) electrons. The summed E-state index contributed by atoms with van der Waals surface area (Å²) in [7, 11) is 0. The highest BCUT2D eigenvalue weighted by Crippen LogP contribution is 2.39. The number of carbonyl (C=O) groups is 1. The van der Waals surface area contributed by atoms with Crippen molar-refractivity contribution in [1.29, 1.82) is 0 Å². The van der Waals surface area contributed by atoms with Crippen molar-refractivity contribution in [3.63, 3.8) is 0 Å². The molecule has 0 aromatic carbocycles. The van der Waals surface area contributed by atoms with Crippen molar-refractivity contribution >= 4 is 11.7 Å². The number of carboxylic acid groups (broad SMARTS) is 1. The molecule has 0 amide bonds. The fraction of sp³-hybridized carbons (Fsp3) is 0.542. The van der Waals surface area contributed by atoms with E-state index in [1.165, 1.54) is 0 Å². The predicted molar refractivity (Wildman–Crippen MR) is 119 cm³/mol. The smallest absolute Gasteiger partial charge is 0.307 e. The molecule has 2 aromatic heterocycles. The molecule has 3 rings (SSSR count). The highest BCUT2D eigenvalue weighted by molar-refractivity contribution is 5.83. The molecule has 6 nitrogen and oxygen atoms in total. The number of piperidine rings is 1. The average Bonchev–Trinajstić information content (AvgIpc) is 2.68. The van der Waals surface area contributed by atoms with Gasteiger partial charge in [0.2, 0.25) is 0 Å². The first-order valence-corrected chi connectivity index (χ1v) is 10.7. The Hall–Kier alpha value is -2.63. The molecule has 2 aromatic rings. The van der Waals surface area contributed by atoms with Gasteiger partial charge in [-0.25, -0.2) is 0 Å². The van der Waals surface area contributed by atoms with Crippen LogP contribution in [0.3, 0.4) is 0 Å². The van der Waals surface area contributed by atoms with E-state index in [9.17, 15) is 9.90 Å². The molecule has 162 valence electrons. The zero-order chi connectivity index (χ0) is 21.9. The van der Waals surface area contributed by atoms with E-state index in [0.717, 1.165) is 59.9 Å². The van der Waals surface area contributed by atoms with E-state index in [4.69, 9.17) is 4.74 Å². The van der Waals surface area contributed by atoms with Crippen molar-refractivity contribution in [2.75, 3.05) is 24.6 Å². The summed E-state index contributed by atoms with van der Waals surface area (Å²) in [5, 5.41) is 9.52. The predicted octanol–water partition coefficient (Wildman–Crippen LogP) is 4.74.